The van der Waals surface area contributed by atoms with Gasteiger partial charge in [-0.15, -0.1) is 0 Å². The number of carbonyl (C=O) groups excluding carboxylic acids is 2. The van der Waals surface area contributed by atoms with E-state index in [4.69, 9.17) is 9.15 Å². The van der Waals surface area contributed by atoms with Crippen LogP contribution in [0.25, 0.3) is 11.0 Å². The van der Waals surface area contributed by atoms with Crippen molar-refractivity contribution < 1.29 is 23.1 Å². The predicted octanol–water partition coefficient (Wildman–Crippen LogP) is 4.36. The zero-order valence-corrected chi connectivity index (χ0v) is 20.4. The van der Waals surface area contributed by atoms with Gasteiger partial charge in [0, 0.05) is 24.3 Å². The van der Waals surface area contributed by atoms with Crippen molar-refractivity contribution in [1.29, 1.82) is 0 Å². The molecule has 2 unspecified atom stereocenters. The highest BCUT2D eigenvalue weighted by Crippen LogP contribution is 2.53. The molecule has 7 nitrogen and oxygen atoms in total. The van der Waals surface area contributed by atoms with Gasteiger partial charge in [0.25, 0.3) is 11.8 Å². The SMILES string of the molecule is O=C1c2oc3ccccc3c(=O)c2C2(C(=O)N(Cc3ccccc3F)c3ccccc32)N1CC1CCCO1. The second-order valence-corrected chi connectivity index (χ2v) is 9.89. The van der Waals surface area contributed by atoms with E-state index in [0.717, 1.165) is 12.8 Å². The summed E-state index contributed by atoms with van der Waals surface area (Å²) in [7, 11) is 0. The number of nitrogens with zero attached hydrogens (tertiary/aromatic N) is 2. The number of para-hydroxylation sites is 2. The van der Waals surface area contributed by atoms with E-state index in [1.807, 2.05) is 0 Å². The standard InChI is InChI=1S/C30H23FN2O5/c31-22-12-4-1-8-18(22)16-32-23-13-5-3-11-21(23)30(29(32)36)25-26(34)20-10-2-6-14-24(20)38-27(25)28(35)33(30)17-19-9-7-15-37-19/h1-6,8,10-14,19H,7,9,15-17H2. The Morgan fingerprint density at radius 1 is 0.947 bits per heavy atom. The lowest BCUT2D eigenvalue weighted by Crippen LogP contribution is -2.55. The number of amides is 2. The van der Waals surface area contributed by atoms with E-state index >= 15 is 0 Å². The average molecular weight is 511 g/mol. The minimum atomic E-state index is -1.75. The van der Waals surface area contributed by atoms with Crippen LogP contribution in [0.15, 0.2) is 82.0 Å². The van der Waals surface area contributed by atoms with Crippen molar-refractivity contribution in [2.24, 2.45) is 0 Å². The molecule has 1 saturated heterocycles. The maximum absolute atomic E-state index is 14.7. The van der Waals surface area contributed by atoms with Crippen molar-refractivity contribution in [2.75, 3.05) is 18.1 Å². The molecule has 0 radical (unpaired) electrons. The van der Waals surface area contributed by atoms with Gasteiger partial charge in [0.2, 0.25) is 5.76 Å². The van der Waals surface area contributed by atoms with E-state index in [-0.39, 0.29) is 41.5 Å². The molecular weight excluding hydrogens is 487 g/mol. The Balaban J connectivity index is 1.50. The van der Waals surface area contributed by atoms with Crippen molar-refractivity contribution in [3.8, 4) is 0 Å². The summed E-state index contributed by atoms with van der Waals surface area (Å²) in [5.41, 5.74) is -0.548. The highest BCUT2D eigenvalue weighted by Gasteiger charge is 2.65. The normalized spacial score (nSPS) is 22.1. The van der Waals surface area contributed by atoms with Crippen LogP contribution in [0, 0.1) is 5.82 Å². The molecule has 3 aromatic carbocycles. The van der Waals surface area contributed by atoms with E-state index in [1.165, 1.54) is 15.9 Å². The summed E-state index contributed by atoms with van der Waals surface area (Å²) < 4.78 is 26.6. The van der Waals surface area contributed by atoms with Crippen molar-refractivity contribution in [1.82, 2.24) is 4.90 Å². The molecule has 1 aromatic heterocycles. The molecule has 4 aromatic rings. The maximum atomic E-state index is 14.7. The summed E-state index contributed by atoms with van der Waals surface area (Å²) in [4.78, 5) is 45.7. The molecule has 0 bridgehead atoms. The highest BCUT2D eigenvalue weighted by atomic mass is 19.1. The third kappa shape index (κ3) is 3.01. The molecule has 0 N–H and O–H groups in total. The first-order chi connectivity index (χ1) is 18.5. The molecule has 1 spiro atoms. The van der Waals surface area contributed by atoms with Gasteiger partial charge in [-0.3, -0.25) is 14.4 Å². The van der Waals surface area contributed by atoms with E-state index < -0.39 is 28.6 Å². The molecule has 3 aliphatic rings. The Labute approximate surface area is 217 Å². The zero-order chi connectivity index (χ0) is 26.0. The molecule has 3 aliphatic heterocycles. The number of hydrogen-bond donors (Lipinski definition) is 0. The molecule has 8 heteroatoms. The summed E-state index contributed by atoms with van der Waals surface area (Å²) in [5, 5.41) is 0.287. The summed E-state index contributed by atoms with van der Waals surface area (Å²) in [6.07, 6.45) is 1.29. The molecule has 2 atom stereocenters. The number of halogens is 1. The summed E-state index contributed by atoms with van der Waals surface area (Å²) in [6, 6.07) is 20.0. The largest absolute Gasteiger partial charge is 0.450 e. The average Bonchev–Trinajstić information content (AvgIpc) is 3.60. The number of rotatable bonds is 4. The molecule has 190 valence electrons. The first-order valence-electron chi connectivity index (χ1n) is 12.7. The lowest BCUT2D eigenvalue weighted by atomic mass is 9.83. The van der Waals surface area contributed by atoms with E-state index in [0.29, 0.717) is 23.4 Å². The van der Waals surface area contributed by atoms with E-state index in [2.05, 4.69) is 0 Å². The third-order valence-corrected chi connectivity index (χ3v) is 7.84. The Morgan fingerprint density at radius 3 is 2.53 bits per heavy atom. The van der Waals surface area contributed by atoms with Crippen LogP contribution >= 0.6 is 0 Å². The fourth-order valence-corrected chi connectivity index (χ4v) is 6.13. The minimum absolute atomic E-state index is 0.00711. The number of ether oxygens (including phenoxy) is 1. The minimum Gasteiger partial charge on any atom is -0.450 e. The van der Waals surface area contributed by atoms with Crippen LogP contribution in [-0.4, -0.2) is 36.0 Å². The molecule has 38 heavy (non-hydrogen) atoms. The fraction of sp³-hybridized carbons (Fsp3) is 0.233. The van der Waals surface area contributed by atoms with Gasteiger partial charge in [0.05, 0.1) is 29.3 Å². The highest BCUT2D eigenvalue weighted by molar-refractivity contribution is 6.17. The first-order valence-corrected chi connectivity index (χ1v) is 12.7. The zero-order valence-electron chi connectivity index (χ0n) is 20.4. The number of fused-ring (bicyclic) bond motifs is 5. The summed E-state index contributed by atoms with van der Waals surface area (Å²) >= 11 is 0. The summed E-state index contributed by atoms with van der Waals surface area (Å²) in [6.45, 7) is 0.630. The maximum Gasteiger partial charge on any atom is 0.291 e. The fourth-order valence-electron chi connectivity index (χ4n) is 6.13. The first kappa shape index (κ1) is 22.9. The van der Waals surface area contributed by atoms with Crippen molar-refractivity contribution in [3.05, 3.63) is 111 Å². The van der Waals surface area contributed by atoms with Crippen molar-refractivity contribution >= 4 is 28.5 Å². The molecule has 0 saturated carbocycles. The van der Waals surface area contributed by atoms with Gasteiger partial charge in [-0.25, -0.2) is 4.39 Å². The number of benzene rings is 3. The summed E-state index contributed by atoms with van der Waals surface area (Å²) in [5.74, 6) is -1.60. The number of hydrogen-bond acceptors (Lipinski definition) is 5. The van der Waals surface area contributed by atoms with Gasteiger partial charge < -0.3 is 19.0 Å². The van der Waals surface area contributed by atoms with Crippen LogP contribution in [0.5, 0.6) is 0 Å². The third-order valence-electron chi connectivity index (χ3n) is 7.84. The van der Waals surface area contributed by atoms with Crippen LogP contribution in [0.4, 0.5) is 10.1 Å². The van der Waals surface area contributed by atoms with Crippen LogP contribution in [-0.2, 0) is 21.6 Å². The van der Waals surface area contributed by atoms with E-state index in [9.17, 15) is 18.8 Å². The lowest BCUT2D eigenvalue weighted by molar-refractivity contribution is -0.126. The number of carbonyl (C=O) groups is 2. The molecule has 4 heterocycles. The van der Waals surface area contributed by atoms with Crippen LogP contribution in [0.3, 0.4) is 0 Å². The Hall–Kier alpha value is -4.30. The molecule has 2 amide bonds. The van der Waals surface area contributed by atoms with Gasteiger partial charge in [0.15, 0.2) is 11.0 Å². The molecule has 7 rings (SSSR count). The van der Waals surface area contributed by atoms with Crippen LogP contribution < -0.4 is 10.3 Å². The second kappa shape index (κ2) is 8.36. The topological polar surface area (TPSA) is 80.1 Å². The monoisotopic (exact) mass is 510 g/mol. The van der Waals surface area contributed by atoms with Crippen molar-refractivity contribution in [3.63, 3.8) is 0 Å². The molecule has 0 aliphatic carbocycles. The molecule has 1 fully saturated rings. The second-order valence-electron chi connectivity index (χ2n) is 9.89. The smallest absolute Gasteiger partial charge is 0.291 e. The van der Waals surface area contributed by atoms with Crippen LogP contribution in [0.1, 0.15) is 40.1 Å². The Morgan fingerprint density at radius 2 is 1.71 bits per heavy atom. The quantitative estimate of drug-likeness (QED) is 0.408. The Kier molecular flexibility index (Phi) is 5.03. The van der Waals surface area contributed by atoms with Gasteiger partial charge in [-0.2, -0.15) is 0 Å². The molecular formula is C30H23FN2O5. The van der Waals surface area contributed by atoms with Crippen molar-refractivity contribution in [2.45, 2.75) is 31.0 Å². The van der Waals surface area contributed by atoms with Gasteiger partial charge in [-0.1, -0.05) is 48.5 Å². The Bertz CT molecular complexity index is 1690. The van der Waals surface area contributed by atoms with E-state index in [1.54, 1.807) is 66.7 Å². The van der Waals surface area contributed by atoms with Gasteiger partial charge in [-0.05, 0) is 37.1 Å². The number of anilines is 1. The predicted molar refractivity (Wildman–Crippen MR) is 137 cm³/mol. The lowest BCUT2D eigenvalue weighted by Gasteiger charge is -2.35. The van der Waals surface area contributed by atoms with Crippen LogP contribution in [0.2, 0.25) is 0 Å². The van der Waals surface area contributed by atoms with Gasteiger partial charge >= 0.3 is 0 Å². The van der Waals surface area contributed by atoms with Gasteiger partial charge in [0.1, 0.15) is 11.4 Å².